The topological polar surface area (TPSA) is 69.4 Å². The van der Waals surface area contributed by atoms with E-state index in [9.17, 15) is 8.42 Å². The van der Waals surface area contributed by atoms with Gasteiger partial charge in [0.25, 0.3) is 0 Å². The average Bonchev–Trinajstić information content (AvgIpc) is 2.97. The number of nitrogens with two attached hydrogens (primary N) is 1. The van der Waals surface area contributed by atoms with Crippen LogP contribution in [0.3, 0.4) is 0 Å². The molecule has 1 fully saturated rings. The van der Waals surface area contributed by atoms with Crippen LogP contribution in [0.1, 0.15) is 30.4 Å². The maximum Gasteiger partial charge on any atom is 0.238 e. The van der Waals surface area contributed by atoms with Gasteiger partial charge in [0.15, 0.2) is 0 Å². The van der Waals surface area contributed by atoms with E-state index in [0.29, 0.717) is 17.7 Å². The van der Waals surface area contributed by atoms with Gasteiger partial charge in [0.05, 0.1) is 11.5 Å². The monoisotopic (exact) mass is 269 g/mol. The molecule has 100 valence electrons. The minimum atomic E-state index is -3.66. The second-order valence-corrected chi connectivity index (χ2v) is 6.51. The molecular weight excluding hydrogens is 250 g/mol. The zero-order valence-corrected chi connectivity index (χ0v) is 11.6. The predicted octanol–water partition coefficient (Wildman–Crippen LogP) is 2.13. The molecule has 0 amide bonds. The highest BCUT2D eigenvalue weighted by Gasteiger charge is 2.21. The summed E-state index contributed by atoms with van der Waals surface area (Å²) in [6, 6.07) is 3.47. The molecular formula is C13H19NO3S. The Balaban J connectivity index is 2.13. The van der Waals surface area contributed by atoms with Crippen molar-refractivity contribution in [3.05, 3.63) is 23.3 Å². The molecule has 1 aromatic rings. The average molecular weight is 269 g/mol. The second-order valence-electron chi connectivity index (χ2n) is 5.01. The van der Waals surface area contributed by atoms with Gasteiger partial charge in [-0.2, -0.15) is 0 Å². The summed E-state index contributed by atoms with van der Waals surface area (Å²) >= 11 is 0. The lowest BCUT2D eigenvalue weighted by molar-refractivity contribution is 0.302. The Hall–Kier alpha value is -1.07. The maximum atomic E-state index is 11.4. The minimum Gasteiger partial charge on any atom is -0.494 e. The zero-order chi connectivity index (χ0) is 13.3. The fraction of sp³-hybridized carbons (Fsp3) is 0.538. The molecule has 0 spiro atoms. The van der Waals surface area contributed by atoms with Crippen molar-refractivity contribution in [2.45, 2.75) is 38.0 Å². The number of primary sulfonamides is 1. The van der Waals surface area contributed by atoms with Crippen LogP contribution in [-0.4, -0.2) is 15.0 Å². The Morgan fingerprint density at radius 1 is 1.28 bits per heavy atom. The molecule has 18 heavy (non-hydrogen) atoms. The normalized spacial score (nSPS) is 15.7. The van der Waals surface area contributed by atoms with Gasteiger partial charge in [-0.3, -0.25) is 0 Å². The number of ether oxygens (including phenoxy) is 1. The van der Waals surface area contributed by atoms with Crippen LogP contribution in [0.4, 0.5) is 0 Å². The van der Waals surface area contributed by atoms with Crippen molar-refractivity contribution in [1.82, 2.24) is 0 Å². The van der Waals surface area contributed by atoms with Crippen molar-refractivity contribution in [1.29, 1.82) is 0 Å². The standard InChI is InChI=1S/C13H19NO3S/c1-9-7-12(17-6-5-11-3-4-11)8-10(2)13(9)18(14,15)16/h7-8,11H,3-6H2,1-2H3,(H2,14,15,16). The molecule has 4 nitrogen and oxygen atoms in total. The molecule has 5 heteroatoms. The third-order valence-electron chi connectivity index (χ3n) is 3.21. The smallest absolute Gasteiger partial charge is 0.238 e. The van der Waals surface area contributed by atoms with Gasteiger partial charge < -0.3 is 4.74 Å². The van der Waals surface area contributed by atoms with E-state index in [2.05, 4.69) is 0 Å². The Bertz CT molecular complexity index is 524. The number of hydrogen-bond donors (Lipinski definition) is 1. The van der Waals surface area contributed by atoms with E-state index in [4.69, 9.17) is 9.88 Å². The highest BCUT2D eigenvalue weighted by Crippen LogP contribution is 2.32. The fourth-order valence-corrected chi connectivity index (χ4v) is 3.21. The summed E-state index contributed by atoms with van der Waals surface area (Å²) in [5.74, 6) is 1.55. The van der Waals surface area contributed by atoms with E-state index in [1.165, 1.54) is 12.8 Å². The van der Waals surface area contributed by atoms with Gasteiger partial charge in [-0.05, 0) is 49.4 Å². The quantitative estimate of drug-likeness (QED) is 0.890. The van der Waals surface area contributed by atoms with Crippen molar-refractivity contribution in [2.75, 3.05) is 6.61 Å². The molecule has 0 radical (unpaired) electrons. The zero-order valence-electron chi connectivity index (χ0n) is 10.8. The van der Waals surface area contributed by atoms with Crippen molar-refractivity contribution >= 4 is 10.0 Å². The first-order valence-corrected chi connectivity index (χ1v) is 7.69. The predicted molar refractivity (Wildman–Crippen MR) is 70.1 cm³/mol. The molecule has 0 saturated heterocycles. The molecule has 0 bridgehead atoms. The lowest BCUT2D eigenvalue weighted by Crippen LogP contribution is -2.15. The Morgan fingerprint density at radius 2 is 1.83 bits per heavy atom. The van der Waals surface area contributed by atoms with Gasteiger partial charge in [0, 0.05) is 0 Å². The third-order valence-corrected chi connectivity index (χ3v) is 4.42. The van der Waals surface area contributed by atoms with E-state index in [0.717, 1.165) is 18.1 Å². The summed E-state index contributed by atoms with van der Waals surface area (Å²) in [6.45, 7) is 4.17. The first kappa shape index (κ1) is 13.4. The van der Waals surface area contributed by atoms with E-state index in [-0.39, 0.29) is 4.90 Å². The van der Waals surface area contributed by atoms with Crippen molar-refractivity contribution < 1.29 is 13.2 Å². The molecule has 1 aliphatic carbocycles. The number of rotatable bonds is 5. The number of aryl methyl sites for hydroxylation is 2. The third kappa shape index (κ3) is 3.23. The molecule has 1 aromatic carbocycles. The van der Waals surface area contributed by atoms with Gasteiger partial charge in [0.2, 0.25) is 10.0 Å². The van der Waals surface area contributed by atoms with Crippen LogP contribution in [-0.2, 0) is 10.0 Å². The largest absolute Gasteiger partial charge is 0.494 e. The number of sulfonamides is 1. The lowest BCUT2D eigenvalue weighted by atomic mass is 10.1. The number of benzene rings is 1. The SMILES string of the molecule is Cc1cc(OCCC2CC2)cc(C)c1S(N)(=O)=O. The van der Waals surface area contributed by atoms with Crippen LogP contribution < -0.4 is 9.88 Å². The van der Waals surface area contributed by atoms with Gasteiger partial charge >= 0.3 is 0 Å². The Morgan fingerprint density at radius 3 is 2.28 bits per heavy atom. The highest BCUT2D eigenvalue weighted by molar-refractivity contribution is 7.89. The molecule has 1 aliphatic rings. The van der Waals surface area contributed by atoms with E-state index in [1.807, 2.05) is 0 Å². The number of hydrogen-bond acceptors (Lipinski definition) is 3. The highest BCUT2D eigenvalue weighted by atomic mass is 32.2. The van der Waals surface area contributed by atoms with Gasteiger partial charge in [-0.25, -0.2) is 13.6 Å². The van der Waals surface area contributed by atoms with Crippen molar-refractivity contribution in [3.63, 3.8) is 0 Å². The van der Waals surface area contributed by atoms with Crippen LogP contribution in [0.15, 0.2) is 17.0 Å². The fourth-order valence-electron chi connectivity index (χ4n) is 2.19. The summed E-state index contributed by atoms with van der Waals surface area (Å²) in [5, 5.41) is 5.19. The first-order valence-electron chi connectivity index (χ1n) is 6.15. The van der Waals surface area contributed by atoms with E-state index >= 15 is 0 Å². The van der Waals surface area contributed by atoms with Gasteiger partial charge in [-0.15, -0.1) is 0 Å². The summed E-state index contributed by atoms with van der Waals surface area (Å²) < 4.78 is 28.5. The molecule has 0 atom stereocenters. The summed E-state index contributed by atoms with van der Waals surface area (Å²) in [4.78, 5) is 0.206. The molecule has 0 unspecified atom stereocenters. The van der Waals surface area contributed by atoms with E-state index in [1.54, 1.807) is 26.0 Å². The molecule has 0 heterocycles. The second kappa shape index (κ2) is 4.90. The molecule has 0 aromatic heterocycles. The Labute approximate surface area is 108 Å². The summed E-state index contributed by atoms with van der Waals surface area (Å²) in [5.41, 5.74) is 1.28. The molecule has 1 saturated carbocycles. The Kier molecular flexibility index (Phi) is 3.64. The van der Waals surface area contributed by atoms with Crippen LogP contribution >= 0.6 is 0 Å². The van der Waals surface area contributed by atoms with Crippen LogP contribution in [0.25, 0.3) is 0 Å². The van der Waals surface area contributed by atoms with Crippen LogP contribution in [0.2, 0.25) is 0 Å². The van der Waals surface area contributed by atoms with Gasteiger partial charge in [-0.1, -0.05) is 12.8 Å². The van der Waals surface area contributed by atoms with Crippen molar-refractivity contribution in [2.24, 2.45) is 11.1 Å². The maximum absolute atomic E-state index is 11.4. The van der Waals surface area contributed by atoms with Crippen molar-refractivity contribution in [3.8, 4) is 5.75 Å². The minimum absolute atomic E-state index is 0.206. The molecule has 2 rings (SSSR count). The molecule has 0 aliphatic heterocycles. The van der Waals surface area contributed by atoms with Crippen LogP contribution in [0, 0.1) is 19.8 Å². The van der Waals surface area contributed by atoms with Gasteiger partial charge in [0.1, 0.15) is 5.75 Å². The summed E-state index contributed by atoms with van der Waals surface area (Å²) in [6.07, 6.45) is 3.70. The van der Waals surface area contributed by atoms with Crippen LogP contribution in [0.5, 0.6) is 5.75 Å². The first-order chi connectivity index (χ1) is 8.38. The van der Waals surface area contributed by atoms with E-state index < -0.39 is 10.0 Å². The lowest BCUT2D eigenvalue weighted by Gasteiger charge is -2.12. The summed E-state index contributed by atoms with van der Waals surface area (Å²) in [7, 11) is -3.66. The molecule has 2 N–H and O–H groups in total.